The van der Waals surface area contributed by atoms with E-state index in [1.54, 1.807) is 0 Å². The summed E-state index contributed by atoms with van der Waals surface area (Å²) in [6.45, 7) is 9.97. The summed E-state index contributed by atoms with van der Waals surface area (Å²) in [7, 11) is 0.904. The molecular formula is C11H23BO6PSi+. The standard InChI is InChI=1S/C11H22BO6PSi/c1-11(2,3)20(4,5)18-9-8(17-19(14)15)7(6-13)16-10(9)12/h7-10,13H,6H2,1-5H3/p+1/t7-,8?,9+,10-/m1/s1. The van der Waals surface area contributed by atoms with Gasteiger partial charge in [-0.2, -0.15) is 0 Å². The lowest BCUT2D eigenvalue weighted by Gasteiger charge is -2.39. The van der Waals surface area contributed by atoms with Gasteiger partial charge < -0.3 is 14.3 Å². The number of aliphatic hydroxyl groups is 1. The van der Waals surface area contributed by atoms with Crippen molar-refractivity contribution in [1.29, 1.82) is 0 Å². The van der Waals surface area contributed by atoms with E-state index in [1.807, 2.05) is 13.1 Å². The predicted octanol–water partition coefficient (Wildman–Crippen LogP) is 1.30. The Morgan fingerprint density at radius 2 is 1.90 bits per heavy atom. The Kier molecular flexibility index (Phi) is 5.94. The van der Waals surface area contributed by atoms with Crippen molar-refractivity contribution in [1.82, 2.24) is 0 Å². The van der Waals surface area contributed by atoms with Crippen LogP contribution in [0.25, 0.3) is 0 Å². The van der Waals surface area contributed by atoms with Gasteiger partial charge in [0.15, 0.2) is 14.4 Å². The molecule has 1 aliphatic heterocycles. The molecule has 1 heterocycles. The van der Waals surface area contributed by atoms with Gasteiger partial charge in [-0.05, 0) is 18.1 Å². The number of hydrogen-bond acceptors (Lipinski definition) is 5. The summed E-state index contributed by atoms with van der Waals surface area (Å²) in [5.74, 6) is 0. The van der Waals surface area contributed by atoms with E-state index in [-0.39, 0.29) is 11.6 Å². The summed E-state index contributed by atoms with van der Waals surface area (Å²) in [6.07, 6.45) is -2.28. The van der Waals surface area contributed by atoms with Crippen LogP contribution in [-0.2, 0) is 18.3 Å². The highest BCUT2D eigenvalue weighted by Crippen LogP contribution is 2.41. The van der Waals surface area contributed by atoms with Crippen LogP contribution in [0.4, 0.5) is 0 Å². The summed E-state index contributed by atoms with van der Waals surface area (Å²) in [5.41, 5.74) is 0. The fraction of sp³-hybridized carbons (Fsp3) is 1.00. The van der Waals surface area contributed by atoms with Crippen LogP contribution in [0.3, 0.4) is 0 Å². The Morgan fingerprint density at radius 1 is 1.35 bits per heavy atom. The van der Waals surface area contributed by atoms with Gasteiger partial charge in [0.25, 0.3) is 0 Å². The lowest BCUT2D eigenvalue weighted by molar-refractivity contribution is 0.00144. The number of hydrogen-bond donors (Lipinski definition) is 2. The molecule has 0 aromatic carbocycles. The van der Waals surface area contributed by atoms with Crippen LogP contribution < -0.4 is 0 Å². The highest BCUT2D eigenvalue weighted by molar-refractivity contribution is 7.32. The van der Waals surface area contributed by atoms with E-state index in [9.17, 15) is 9.67 Å². The zero-order valence-electron chi connectivity index (χ0n) is 12.6. The van der Waals surface area contributed by atoms with E-state index in [2.05, 4.69) is 20.8 Å². The molecule has 2 N–H and O–H groups in total. The molecule has 1 aliphatic rings. The van der Waals surface area contributed by atoms with E-state index in [1.165, 1.54) is 0 Å². The second-order valence-electron chi connectivity index (χ2n) is 6.47. The fourth-order valence-corrected chi connectivity index (χ4v) is 3.55. The quantitative estimate of drug-likeness (QED) is 0.586. The van der Waals surface area contributed by atoms with Crippen molar-refractivity contribution in [3.63, 3.8) is 0 Å². The summed E-state index contributed by atoms with van der Waals surface area (Å²) in [6, 6.07) is -0.791. The lowest BCUT2D eigenvalue weighted by Crippen LogP contribution is -2.50. The average molecular weight is 321 g/mol. The first-order chi connectivity index (χ1) is 8.99. The minimum Gasteiger partial charge on any atom is -0.409 e. The Hall–Kier alpha value is 0.182. The van der Waals surface area contributed by atoms with Crippen LogP contribution in [0.15, 0.2) is 0 Å². The molecule has 20 heavy (non-hydrogen) atoms. The summed E-state index contributed by atoms with van der Waals surface area (Å²) < 4.78 is 27.4. The van der Waals surface area contributed by atoms with Gasteiger partial charge in [-0.25, -0.2) is 0 Å². The number of ether oxygens (including phenoxy) is 1. The zero-order valence-corrected chi connectivity index (χ0v) is 14.5. The van der Waals surface area contributed by atoms with Gasteiger partial charge in [-0.3, -0.25) is 0 Å². The first kappa shape index (κ1) is 18.2. The summed E-state index contributed by atoms with van der Waals surface area (Å²) in [4.78, 5) is 8.95. The Morgan fingerprint density at radius 3 is 2.30 bits per heavy atom. The molecule has 0 bridgehead atoms. The van der Waals surface area contributed by atoms with Crippen molar-refractivity contribution in [2.75, 3.05) is 6.61 Å². The molecule has 114 valence electrons. The molecule has 6 nitrogen and oxygen atoms in total. The van der Waals surface area contributed by atoms with Crippen molar-refractivity contribution in [2.24, 2.45) is 0 Å². The van der Waals surface area contributed by atoms with Crippen LogP contribution in [0.2, 0.25) is 18.1 Å². The monoisotopic (exact) mass is 321 g/mol. The molecule has 0 saturated carbocycles. The highest BCUT2D eigenvalue weighted by atomic mass is 31.1. The van der Waals surface area contributed by atoms with Crippen LogP contribution >= 0.6 is 8.25 Å². The largest absolute Gasteiger partial charge is 0.695 e. The van der Waals surface area contributed by atoms with Crippen molar-refractivity contribution >= 4 is 24.4 Å². The van der Waals surface area contributed by atoms with E-state index in [0.29, 0.717) is 0 Å². The summed E-state index contributed by atoms with van der Waals surface area (Å²) in [5, 5.41) is 9.22. The minimum atomic E-state index is -2.82. The Labute approximate surface area is 123 Å². The van der Waals surface area contributed by atoms with E-state index in [0.717, 1.165) is 0 Å². The lowest BCUT2D eigenvalue weighted by atomic mass is 9.93. The SMILES string of the molecule is [B][C@@H]1O[C@H](CO)C(O[P+](=O)O)[C@@H]1O[Si](C)(C)C(C)(C)C. The molecule has 2 radical (unpaired) electrons. The molecule has 2 unspecified atom stereocenters. The maximum atomic E-state index is 10.9. The van der Waals surface area contributed by atoms with Crippen LogP contribution in [0.5, 0.6) is 0 Å². The first-order valence-electron chi connectivity index (χ1n) is 6.52. The minimum absolute atomic E-state index is 0.0456. The second kappa shape index (κ2) is 6.52. The fourth-order valence-electron chi connectivity index (χ4n) is 1.79. The molecular weight excluding hydrogens is 298 g/mol. The van der Waals surface area contributed by atoms with E-state index < -0.39 is 40.9 Å². The average Bonchev–Trinajstić information content (AvgIpc) is 2.54. The molecule has 9 heteroatoms. The maximum absolute atomic E-state index is 10.9. The van der Waals surface area contributed by atoms with Gasteiger partial charge in [0.05, 0.1) is 12.7 Å². The smallest absolute Gasteiger partial charge is 0.409 e. The molecule has 1 rings (SSSR count). The number of aliphatic hydroxyl groups excluding tert-OH is 1. The van der Waals surface area contributed by atoms with Gasteiger partial charge in [-0.15, -0.1) is 9.42 Å². The van der Waals surface area contributed by atoms with E-state index >= 15 is 0 Å². The van der Waals surface area contributed by atoms with Gasteiger partial charge in [-0.1, -0.05) is 20.8 Å². The topological polar surface area (TPSA) is 85.2 Å². The Bertz CT molecular complexity index is 361. The van der Waals surface area contributed by atoms with Crippen LogP contribution in [0, 0.1) is 0 Å². The van der Waals surface area contributed by atoms with Gasteiger partial charge in [0, 0.05) is 10.6 Å². The molecule has 5 atom stereocenters. The second-order valence-corrected chi connectivity index (χ2v) is 11.9. The summed E-state index contributed by atoms with van der Waals surface area (Å²) >= 11 is 0. The molecule has 0 amide bonds. The maximum Gasteiger partial charge on any atom is 0.695 e. The van der Waals surface area contributed by atoms with Gasteiger partial charge in [0.1, 0.15) is 14.0 Å². The van der Waals surface area contributed by atoms with Crippen molar-refractivity contribution in [2.45, 2.75) is 63.2 Å². The molecule has 0 aliphatic carbocycles. The molecule has 1 saturated heterocycles. The zero-order chi connectivity index (χ0) is 15.7. The molecule has 0 aromatic heterocycles. The molecule has 0 aromatic rings. The Balaban J connectivity index is 2.92. The predicted molar refractivity (Wildman–Crippen MR) is 78.3 cm³/mol. The normalized spacial score (nSPS) is 32.5. The number of rotatable bonds is 5. The molecule has 1 fully saturated rings. The van der Waals surface area contributed by atoms with Crippen molar-refractivity contribution in [3.05, 3.63) is 0 Å². The van der Waals surface area contributed by atoms with Crippen LogP contribution in [-0.4, -0.2) is 57.1 Å². The van der Waals surface area contributed by atoms with Gasteiger partial charge >= 0.3 is 8.25 Å². The molecule has 0 spiro atoms. The third-order valence-corrected chi connectivity index (χ3v) is 8.87. The van der Waals surface area contributed by atoms with Gasteiger partial charge in [0.2, 0.25) is 0 Å². The first-order valence-corrected chi connectivity index (χ1v) is 10.6. The van der Waals surface area contributed by atoms with Crippen molar-refractivity contribution in [3.8, 4) is 0 Å². The van der Waals surface area contributed by atoms with Crippen molar-refractivity contribution < 1.29 is 28.3 Å². The van der Waals surface area contributed by atoms with E-state index in [4.69, 9.17) is 26.4 Å². The van der Waals surface area contributed by atoms with Crippen LogP contribution in [0.1, 0.15) is 20.8 Å². The third-order valence-electron chi connectivity index (χ3n) is 3.97. The third kappa shape index (κ3) is 4.10. The highest BCUT2D eigenvalue weighted by Gasteiger charge is 2.51.